The molecule has 0 bridgehead atoms. The zero-order valence-corrected chi connectivity index (χ0v) is 12.9. The van der Waals surface area contributed by atoms with Crippen molar-refractivity contribution in [3.8, 4) is 6.07 Å². The number of nitrogens with zero attached hydrogens (tertiary/aromatic N) is 4. The van der Waals surface area contributed by atoms with Crippen LogP contribution in [-0.4, -0.2) is 44.3 Å². The topological polar surface area (TPSA) is 64.6 Å². The van der Waals surface area contributed by atoms with Crippen LogP contribution in [0.5, 0.6) is 0 Å². The van der Waals surface area contributed by atoms with Crippen molar-refractivity contribution in [1.29, 1.82) is 5.26 Å². The Morgan fingerprint density at radius 2 is 2.08 bits per heavy atom. The number of hydrogen-bond acceptors (Lipinski definition) is 4. The van der Waals surface area contributed by atoms with Crippen molar-refractivity contribution < 1.29 is 18.3 Å². The van der Waals surface area contributed by atoms with E-state index in [0.717, 1.165) is 5.69 Å². The average Bonchev–Trinajstić information content (AvgIpc) is 2.82. The first-order valence-electron chi connectivity index (χ1n) is 7.70. The summed E-state index contributed by atoms with van der Waals surface area (Å²) >= 11 is 0. The number of likely N-dealkylation sites (tertiary alicyclic amines) is 1. The molecule has 1 aliphatic heterocycles. The Balaban J connectivity index is 1.77. The minimum absolute atomic E-state index is 0.154. The zero-order chi connectivity index (χ0) is 17.4. The summed E-state index contributed by atoms with van der Waals surface area (Å²) in [5.41, 5.74) is -0.621. The van der Waals surface area contributed by atoms with Gasteiger partial charge < -0.3 is 9.51 Å². The highest BCUT2D eigenvalue weighted by Crippen LogP contribution is 2.38. The van der Waals surface area contributed by atoms with Gasteiger partial charge in [0, 0.05) is 19.3 Å². The van der Waals surface area contributed by atoms with E-state index >= 15 is 0 Å². The summed E-state index contributed by atoms with van der Waals surface area (Å²) in [5, 5.41) is 18.9. The maximum atomic E-state index is 13.0. The largest absolute Gasteiger partial charge is 0.417 e. The summed E-state index contributed by atoms with van der Waals surface area (Å²) in [4.78, 5) is 6.13. The van der Waals surface area contributed by atoms with Crippen LogP contribution >= 0.6 is 0 Å². The Kier molecular flexibility index (Phi) is 4.24. The van der Waals surface area contributed by atoms with Crippen molar-refractivity contribution in [2.24, 2.45) is 0 Å². The summed E-state index contributed by atoms with van der Waals surface area (Å²) < 4.78 is 40.7. The minimum atomic E-state index is -4.60. The lowest BCUT2D eigenvalue weighted by molar-refractivity contribution is -0.263. The number of aromatic nitrogens is 2. The SMILES string of the molecule is N#Cc1ccc2ncc(CN3CCCC(O)(C(F)(F)F)CC3)n2c1. The lowest BCUT2D eigenvalue weighted by Gasteiger charge is -2.29. The van der Waals surface area contributed by atoms with Gasteiger partial charge in [0.2, 0.25) is 0 Å². The Labute approximate surface area is 136 Å². The summed E-state index contributed by atoms with van der Waals surface area (Å²) in [5.74, 6) is 0. The van der Waals surface area contributed by atoms with Crippen molar-refractivity contribution in [2.75, 3.05) is 13.1 Å². The molecular weight excluding hydrogens is 321 g/mol. The fourth-order valence-corrected chi connectivity index (χ4v) is 3.06. The number of fused-ring (bicyclic) bond motifs is 1. The Morgan fingerprint density at radius 1 is 1.29 bits per heavy atom. The molecule has 1 saturated heterocycles. The molecule has 5 nitrogen and oxygen atoms in total. The molecule has 0 aliphatic carbocycles. The van der Waals surface area contributed by atoms with E-state index < -0.39 is 11.8 Å². The summed E-state index contributed by atoms with van der Waals surface area (Å²) in [7, 11) is 0. The van der Waals surface area contributed by atoms with Gasteiger partial charge in [-0.1, -0.05) is 0 Å². The monoisotopic (exact) mass is 338 g/mol. The second-order valence-corrected chi connectivity index (χ2v) is 6.17. The van der Waals surface area contributed by atoms with Gasteiger partial charge in [0.05, 0.1) is 17.5 Å². The molecule has 24 heavy (non-hydrogen) atoms. The third-order valence-corrected chi connectivity index (χ3v) is 4.53. The highest BCUT2D eigenvalue weighted by atomic mass is 19.4. The Bertz CT molecular complexity index is 780. The van der Waals surface area contributed by atoms with Crippen LogP contribution < -0.4 is 0 Å². The first-order chi connectivity index (χ1) is 11.3. The van der Waals surface area contributed by atoms with Gasteiger partial charge in [-0.2, -0.15) is 18.4 Å². The number of imidazole rings is 1. The van der Waals surface area contributed by atoms with Crippen molar-refractivity contribution >= 4 is 5.65 Å². The Hall–Kier alpha value is -2.11. The third-order valence-electron chi connectivity index (χ3n) is 4.53. The molecule has 0 saturated carbocycles. The molecule has 1 unspecified atom stereocenters. The molecule has 2 aromatic rings. The second kappa shape index (κ2) is 6.07. The standard InChI is InChI=1S/C16H17F3N4O/c17-16(18,19)15(24)4-1-6-22(7-5-15)11-13-9-21-14-3-2-12(8-20)10-23(13)14/h2-3,9-10,24H,1,4-7,11H2. The molecule has 8 heteroatoms. The molecule has 0 radical (unpaired) electrons. The van der Waals surface area contributed by atoms with Crippen molar-refractivity contribution in [2.45, 2.75) is 37.6 Å². The van der Waals surface area contributed by atoms with Crippen molar-refractivity contribution in [1.82, 2.24) is 14.3 Å². The van der Waals surface area contributed by atoms with Crippen LogP contribution in [0, 0.1) is 11.3 Å². The predicted octanol–water partition coefficient (Wildman–Crippen LogP) is 2.49. The summed E-state index contributed by atoms with van der Waals surface area (Å²) in [6, 6.07) is 5.45. The summed E-state index contributed by atoms with van der Waals surface area (Å²) in [6.07, 6.45) is -1.61. The highest BCUT2D eigenvalue weighted by molar-refractivity contribution is 5.44. The number of nitriles is 1. The predicted molar refractivity (Wildman–Crippen MR) is 80.0 cm³/mol. The number of rotatable bonds is 2. The molecular formula is C16H17F3N4O. The van der Waals surface area contributed by atoms with Crippen LogP contribution in [-0.2, 0) is 6.54 Å². The number of pyridine rings is 1. The number of aliphatic hydroxyl groups is 1. The van der Waals surface area contributed by atoms with Crippen LogP contribution in [0.1, 0.15) is 30.5 Å². The Morgan fingerprint density at radius 3 is 2.79 bits per heavy atom. The minimum Gasteiger partial charge on any atom is -0.380 e. The molecule has 0 spiro atoms. The highest BCUT2D eigenvalue weighted by Gasteiger charge is 2.53. The molecule has 3 heterocycles. The van der Waals surface area contributed by atoms with Gasteiger partial charge in [-0.15, -0.1) is 0 Å². The molecule has 2 aromatic heterocycles. The van der Waals surface area contributed by atoms with Crippen molar-refractivity contribution in [3.63, 3.8) is 0 Å². The van der Waals surface area contributed by atoms with E-state index in [4.69, 9.17) is 5.26 Å². The molecule has 1 N–H and O–H groups in total. The first kappa shape index (κ1) is 16.7. The van der Waals surface area contributed by atoms with Crippen LogP contribution in [0.15, 0.2) is 24.5 Å². The smallest absolute Gasteiger partial charge is 0.380 e. The number of hydrogen-bond donors (Lipinski definition) is 1. The van der Waals surface area contributed by atoms with E-state index in [1.54, 1.807) is 28.9 Å². The summed E-state index contributed by atoms with van der Waals surface area (Å²) in [6.45, 7) is 1.05. The average molecular weight is 338 g/mol. The molecule has 1 fully saturated rings. The molecule has 0 aromatic carbocycles. The van der Waals surface area contributed by atoms with Crippen molar-refractivity contribution in [3.05, 3.63) is 35.8 Å². The van der Waals surface area contributed by atoms with Gasteiger partial charge in [-0.3, -0.25) is 4.90 Å². The van der Waals surface area contributed by atoms with Crippen LogP contribution in [0.3, 0.4) is 0 Å². The lowest BCUT2D eigenvalue weighted by Crippen LogP contribution is -2.45. The van der Waals surface area contributed by atoms with E-state index in [-0.39, 0.29) is 25.8 Å². The van der Waals surface area contributed by atoms with E-state index in [2.05, 4.69) is 11.1 Å². The van der Waals surface area contributed by atoms with Gasteiger partial charge in [-0.25, -0.2) is 4.98 Å². The third kappa shape index (κ3) is 3.09. The van der Waals surface area contributed by atoms with Crippen LogP contribution in [0.4, 0.5) is 13.2 Å². The van der Waals surface area contributed by atoms with Crippen LogP contribution in [0.25, 0.3) is 5.65 Å². The van der Waals surface area contributed by atoms with Gasteiger partial charge in [-0.05, 0) is 37.9 Å². The number of halogens is 3. The zero-order valence-electron chi connectivity index (χ0n) is 12.9. The lowest BCUT2D eigenvalue weighted by atomic mass is 9.94. The quantitative estimate of drug-likeness (QED) is 0.914. The number of alkyl halides is 3. The van der Waals surface area contributed by atoms with Gasteiger partial charge in [0.25, 0.3) is 0 Å². The second-order valence-electron chi connectivity index (χ2n) is 6.17. The molecule has 3 rings (SSSR count). The maximum absolute atomic E-state index is 13.0. The molecule has 128 valence electrons. The fourth-order valence-electron chi connectivity index (χ4n) is 3.06. The van der Waals surface area contributed by atoms with E-state index in [9.17, 15) is 18.3 Å². The molecule has 1 atom stereocenters. The van der Waals surface area contributed by atoms with E-state index in [1.807, 2.05) is 4.90 Å². The normalized spacial score (nSPS) is 23.1. The first-order valence-corrected chi connectivity index (χ1v) is 7.70. The maximum Gasteiger partial charge on any atom is 0.417 e. The fraction of sp³-hybridized carbons (Fsp3) is 0.500. The molecule has 0 amide bonds. The van der Waals surface area contributed by atoms with E-state index in [0.29, 0.717) is 24.3 Å². The van der Waals surface area contributed by atoms with Gasteiger partial charge >= 0.3 is 6.18 Å². The van der Waals surface area contributed by atoms with Crippen LogP contribution in [0.2, 0.25) is 0 Å². The van der Waals surface area contributed by atoms with Gasteiger partial charge in [0.15, 0.2) is 5.60 Å². The molecule has 1 aliphatic rings. The van der Waals surface area contributed by atoms with E-state index in [1.165, 1.54) is 0 Å². The van der Waals surface area contributed by atoms with Gasteiger partial charge in [0.1, 0.15) is 11.7 Å².